The van der Waals surface area contributed by atoms with Crippen molar-refractivity contribution in [1.29, 1.82) is 0 Å². The van der Waals surface area contributed by atoms with E-state index >= 15 is 0 Å². The van der Waals surface area contributed by atoms with Crippen LogP contribution in [0.5, 0.6) is 0 Å². The van der Waals surface area contributed by atoms with Crippen LogP contribution in [0, 0.1) is 0 Å². The average molecular weight is 838 g/mol. The van der Waals surface area contributed by atoms with Crippen molar-refractivity contribution in [2.75, 3.05) is 0 Å². The summed E-state index contributed by atoms with van der Waals surface area (Å²) in [4.78, 5) is 15.0. The summed E-state index contributed by atoms with van der Waals surface area (Å²) < 4.78 is 0. The second-order valence-electron chi connectivity index (χ2n) is 17.1. The molecular formula is C63H39N3. The van der Waals surface area contributed by atoms with E-state index in [1.165, 1.54) is 75.8 Å². The van der Waals surface area contributed by atoms with E-state index in [0.717, 1.165) is 50.3 Å². The van der Waals surface area contributed by atoms with Crippen LogP contribution < -0.4 is 0 Å². The lowest BCUT2D eigenvalue weighted by molar-refractivity contribution is 1.18. The maximum atomic E-state index is 5.31. The van der Waals surface area contributed by atoms with Crippen LogP contribution in [0.4, 0.5) is 0 Å². The minimum absolute atomic E-state index is 0.672. The van der Waals surface area contributed by atoms with Gasteiger partial charge >= 0.3 is 0 Å². The molecule has 0 saturated carbocycles. The molecule has 66 heavy (non-hydrogen) atoms. The molecule has 0 aliphatic carbocycles. The summed E-state index contributed by atoms with van der Waals surface area (Å²) in [5.41, 5.74) is 11.6. The molecule has 0 radical (unpaired) electrons. The lowest BCUT2D eigenvalue weighted by Gasteiger charge is -2.16. The van der Waals surface area contributed by atoms with E-state index in [1.54, 1.807) is 0 Å². The summed E-state index contributed by atoms with van der Waals surface area (Å²) in [7, 11) is 0. The zero-order chi connectivity index (χ0) is 43.6. The molecule has 11 aromatic carbocycles. The molecule has 0 atom stereocenters. The second kappa shape index (κ2) is 15.5. The Morgan fingerprint density at radius 1 is 0.258 bits per heavy atom. The maximum absolute atomic E-state index is 5.31. The fourth-order valence-corrected chi connectivity index (χ4v) is 10.2. The van der Waals surface area contributed by atoms with Gasteiger partial charge in [0.05, 0.1) is 11.4 Å². The fraction of sp³-hybridized carbons (Fsp3) is 0. The summed E-state index contributed by atoms with van der Waals surface area (Å²) in [5, 5.41) is 15.1. The van der Waals surface area contributed by atoms with Crippen molar-refractivity contribution >= 4 is 64.6 Å². The van der Waals surface area contributed by atoms with Gasteiger partial charge in [0.2, 0.25) is 0 Å². The molecule has 0 unspecified atom stereocenters. The molecule has 3 nitrogen and oxygen atoms in total. The highest BCUT2D eigenvalue weighted by Crippen LogP contribution is 2.43. The Bertz CT molecular complexity index is 4030. The maximum Gasteiger partial charge on any atom is 0.160 e. The zero-order valence-corrected chi connectivity index (χ0v) is 35.9. The Morgan fingerprint density at radius 2 is 0.727 bits per heavy atom. The van der Waals surface area contributed by atoms with Crippen molar-refractivity contribution in [3.8, 4) is 67.3 Å². The molecule has 306 valence electrons. The Labute approximate surface area is 382 Å². The van der Waals surface area contributed by atoms with Crippen LogP contribution in [0.2, 0.25) is 0 Å². The quantitative estimate of drug-likeness (QED) is 0.157. The number of fused-ring (bicyclic) bond motifs is 11. The van der Waals surface area contributed by atoms with Crippen molar-refractivity contribution in [3.05, 3.63) is 237 Å². The number of nitrogens with zero attached hydrogens (tertiary/aromatic N) is 3. The first-order chi connectivity index (χ1) is 32.7. The van der Waals surface area contributed by atoms with E-state index in [9.17, 15) is 0 Å². The third-order valence-corrected chi connectivity index (χ3v) is 13.3. The van der Waals surface area contributed by atoms with Crippen LogP contribution in [0.15, 0.2) is 237 Å². The molecule has 3 heteroatoms. The highest BCUT2D eigenvalue weighted by Gasteiger charge is 2.17. The van der Waals surface area contributed by atoms with Crippen molar-refractivity contribution < 1.29 is 0 Å². The fourth-order valence-electron chi connectivity index (χ4n) is 10.2. The molecule has 2 heterocycles. The van der Waals surface area contributed by atoms with Crippen molar-refractivity contribution in [2.45, 2.75) is 0 Å². The van der Waals surface area contributed by atoms with E-state index in [-0.39, 0.29) is 0 Å². The first-order valence-corrected chi connectivity index (χ1v) is 22.5. The summed E-state index contributed by atoms with van der Waals surface area (Å²) in [6.07, 6.45) is 3.71. The van der Waals surface area contributed by atoms with E-state index in [0.29, 0.717) is 5.82 Å². The number of rotatable bonds is 6. The van der Waals surface area contributed by atoms with Gasteiger partial charge < -0.3 is 0 Å². The molecule has 0 spiro atoms. The van der Waals surface area contributed by atoms with Crippen LogP contribution in [0.3, 0.4) is 0 Å². The van der Waals surface area contributed by atoms with Crippen molar-refractivity contribution in [3.63, 3.8) is 0 Å². The lowest BCUT2D eigenvalue weighted by atomic mass is 9.87. The van der Waals surface area contributed by atoms with Gasteiger partial charge in [-0.1, -0.05) is 194 Å². The smallest absolute Gasteiger partial charge is 0.160 e. The number of pyridine rings is 1. The largest absolute Gasteiger partial charge is 0.264 e. The number of aromatic nitrogens is 3. The van der Waals surface area contributed by atoms with Gasteiger partial charge in [0, 0.05) is 34.6 Å². The molecule has 0 aliphatic heterocycles. The highest BCUT2D eigenvalue weighted by atomic mass is 14.9. The minimum atomic E-state index is 0.672. The van der Waals surface area contributed by atoms with E-state index in [4.69, 9.17) is 9.97 Å². The lowest BCUT2D eigenvalue weighted by Crippen LogP contribution is -1.96. The van der Waals surface area contributed by atoms with Crippen molar-refractivity contribution in [1.82, 2.24) is 15.0 Å². The first-order valence-electron chi connectivity index (χ1n) is 22.5. The Kier molecular flexibility index (Phi) is 8.85. The molecule has 13 aromatic rings. The highest BCUT2D eigenvalue weighted by molar-refractivity contribution is 6.33. The standard InChI is InChI=1S/C63H39N3/c1-2-17-48-45(13-1)36-57(52-21-5-3-18-49(48)52)40-26-30-42(31-27-40)60-38-61(46-15-11-14-44(35-46)47-16-12-34-64-39-47)66-63(65-60)43-32-28-41(29-33-43)58-37-59-53-22-6-4-19-50(53)51-20-7-9-24-55(51)62(59)56-25-10-8-23-54(56)58/h1-39H. The monoisotopic (exact) mass is 837 g/mol. The van der Waals surface area contributed by atoms with E-state index in [1.807, 2.05) is 18.5 Å². The number of hydrogen-bond donors (Lipinski definition) is 0. The van der Waals surface area contributed by atoms with Crippen LogP contribution in [-0.4, -0.2) is 15.0 Å². The van der Waals surface area contributed by atoms with Crippen LogP contribution in [0.1, 0.15) is 0 Å². The molecule has 0 aliphatic rings. The van der Waals surface area contributed by atoms with Gasteiger partial charge in [-0.2, -0.15) is 0 Å². The molecule has 13 rings (SSSR count). The van der Waals surface area contributed by atoms with E-state index < -0.39 is 0 Å². The van der Waals surface area contributed by atoms with Crippen LogP contribution in [-0.2, 0) is 0 Å². The summed E-state index contributed by atoms with van der Waals surface area (Å²) in [6.45, 7) is 0. The normalized spacial score (nSPS) is 11.6. The zero-order valence-electron chi connectivity index (χ0n) is 35.9. The van der Waals surface area contributed by atoms with Crippen LogP contribution in [0.25, 0.3) is 132 Å². The Morgan fingerprint density at radius 3 is 1.39 bits per heavy atom. The Balaban J connectivity index is 0.943. The second-order valence-corrected chi connectivity index (χ2v) is 17.1. The molecule has 0 N–H and O–H groups in total. The molecule has 0 bridgehead atoms. The first kappa shape index (κ1) is 37.7. The van der Waals surface area contributed by atoms with E-state index in [2.05, 4.69) is 223 Å². The van der Waals surface area contributed by atoms with Gasteiger partial charge in [-0.3, -0.25) is 4.98 Å². The minimum Gasteiger partial charge on any atom is -0.264 e. The summed E-state index contributed by atoms with van der Waals surface area (Å²) >= 11 is 0. The number of hydrogen-bond acceptors (Lipinski definition) is 3. The molecule has 2 aromatic heterocycles. The molecule has 0 amide bonds. The summed E-state index contributed by atoms with van der Waals surface area (Å²) in [6, 6.07) is 80.9. The predicted molar refractivity (Wildman–Crippen MR) is 277 cm³/mol. The molecular weight excluding hydrogens is 799 g/mol. The average Bonchev–Trinajstić information content (AvgIpc) is 3.40. The predicted octanol–water partition coefficient (Wildman–Crippen LogP) is 16.8. The van der Waals surface area contributed by atoms with Gasteiger partial charge in [-0.25, -0.2) is 9.97 Å². The number of benzene rings is 11. The third kappa shape index (κ3) is 6.32. The SMILES string of the molecule is c1cncc(-c2cccc(-c3cc(-c4ccc(-c5cc6ccccc6c6ccccc56)cc4)nc(-c4ccc(-c5cc6c7ccccc7c7ccccc7c6c6ccccc56)cc4)n3)c2)c1. The molecule has 0 saturated heterocycles. The van der Waals surface area contributed by atoms with Crippen LogP contribution >= 0.6 is 0 Å². The van der Waals surface area contributed by atoms with Gasteiger partial charge in [0.25, 0.3) is 0 Å². The van der Waals surface area contributed by atoms with Gasteiger partial charge in [0.1, 0.15) is 0 Å². The van der Waals surface area contributed by atoms with Gasteiger partial charge in [-0.15, -0.1) is 0 Å². The third-order valence-electron chi connectivity index (χ3n) is 13.3. The van der Waals surface area contributed by atoms with Crippen molar-refractivity contribution in [2.24, 2.45) is 0 Å². The topological polar surface area (TPSA) is 38.7 Å². The Hall–Kier alpha value is -8.79. The van der Waals surface area contributed by atoms with Gasteiger partial charge in [0.15, 0.2) is 5.82 Å². The van der Waals surface area contributed by atoms with Gasteiger partial charge in [-0.05, 0) is 123 Å². The molecule has 0 fully saturated rings. The summed E-state index contributed by atoms with van der Waals surface area (Å²) in [5.74, 6) is 0.672.